The van der Waals surface area contributed by atoms with Crippen molar-refractivity contribution in [2.24, 2.45) is 0 Å². The van der Waals surface area contributed by atoms with Gasteiger partial charge in [-0.15, -0.1) is 0 Å². The second-order valence-electron chi connectivity index (χ2n) is 6.69. The molecule has 0 atom stereocenters. The zero-order chi connectivity index (χ0) is 21.6. The van der Waals surface area contributed by atoms with E-state index in [4.69, 9.17) is 23.2 Å². The van der Waals surface area contributed by atoms with Crippen LogP contribution in [-0.4, -0.2) is 20.2 Å². The Hall–Kier alpha value is -2.87. The molecule has 0 unspecified atom stereocenters. The second-order valence-corrected chi connectivity index (χ2v) is 9.19. The first-order valence-corrected chi connectivity index (χ1v) is 11.0. The summed E-state index contributed by atoms with van der Waals surface area (Å²) in [6, 6.07) is 15.2. The molecule has 0 aliphatic carbocycles. The van der Waals surface area contributed by atoms with Gasteiger partial charge >= 0.3 is 0 Å². The van der Waals surface area contributed by atoms with E-state index in [2.05, 4.69) is 4.72 Å². The molecule has 3 aromatic rings. The van der Waals surface area contributed by atoms with Crippen LogP contribution in [0.4, 0.5) is 11.4 Å². The van der Waals surface area contributed by atoms with E-state index in [1.54, 1.807) is 36.4 Å². The van der Waals surface area contributed by atoms with Gasteiger partial charge in [-0.2, -0.15) is 0 Å². The molecule has 2 amide bonds. The van der Waals surface area contributed by atoms with Gasteiger partial charge in [-0.25, -0.2) is 13.3 Å². The van der Waals surface area contributed by atoms with Crippen LogP contribution in [0.1, 0.15) is 26.3 Å². The van der Waals surface area contributed by atoms with Gasteiger partial charge in [0, 0.05) is 0 Å². The fourth-order valence-electron chi connectivity index (χ4n) is 3.12. The molecule has 6 nitrogen and oxygen atoms in total. The number of hydrogen-bond donors (Lipinski definition) is 1. The maximum Gasteiger partial charge on any atom is 0.266 e. The molecule has 152 valence electrons. The average Bonchev–Trinajstić information content (AvgIpc) is 2.95. The number of nitrogens with zero attached hydrogens (tertiary/aromatic N) is 1. The predicted octanol–water partition coefficient (Wildman–Crippen LogP) is 4.90. The number of rotatable bonds is 4. The second kappa shape index (κ2) is 7.43. The number of hydrogen-bond acceptors (Lipinski definition) is 4. The number of carbonyl (C=O) groups excluding carboxylic acids is 2. The normalized spacial score (nSPS) is 13.5. The number of anilines is 2. The summed E-state index contributed by atoms with van der Waals surface area (Å²) in [5.41, 5.74) is 1.43. The molecule has 1 heterocycles. The molecule has 0 fully saturated rings. The monoisotopic (exact) mass is 460 g/mol. The molecule has 0 bridgehead atoms. The predicted molar refractivity (Wildman–Crippen MR) is 116 cm³/mol. The third-order valence-corrected chi connectivity index (χ3v) is 6.64. The van der Waals surface area contributed by atoms with Crippen molar-refractivity contribution in [3.8, 4) is 0 Å². The quantitative estimate of drug-likeness (QED) is 0.560. The van der Waals surface area contributed by atoms with Gasteiger partial charge in [-0.3, -0.25) is 14.3 Å². The Morgan fingerprint density at radius 2 is 1.40 bits per heavy atom. The zero-order valence-electron chi connectivity index (χ0n) is 15.5. The number of sulfonamides is 1. The van der Waals surface area contributed by atoms with E-state index in [1.165, 1.54) is 24.3 Å². The van der Waals surface area contributed by atoms with Gasteiger partial charge < -0.3 is 0 Å². The van der Waals surface area contributed by atoms with E-state index in [0.29, 0.717) is 0 Å². The van der Waals surface area contributed by atoms with Crippen LogP contribution in [0.5, 0.6) is 0 Å². The van der Waals surface area contributed by atoms with Crippen molar-refractivity contribution >= 4 is 56.4 Å². The van der Waals surface area contributed by atoms with Crippen molar-refractivity contribution in [3.05, 3.63) is 87.4 Å². The lowest BCUT2D eigenvalue weighted by atomic mass is 10.1. The topological polar surface area (TPSA) is 83.6 Å². The highest BCUT2D eigenvalue weighted by Crippen LogP contribution is 2.39. The molecule has 1 aliphatic rings. The van der Waals surface area contributed by atoms with Crippen LogP contribution < -0.4 is 9.62 Å². The Morgan fingerprint density at radius 1 is 0.833 bits per heavy atom. The van der Waals surface area contributed by atoms with Crippen molar-refractivity contribution in [1.29, 1.82) is 0 Å². The van der Waals surface area contributed by atoms with Crippen LogP contribution in [0.3, 0.4) is 0 Å². The molecule has 1 aliphatic heterocycles. The number of fused-ring (bicyclic) bond motifs is 1. The number of benzene rings is 3. The van der Waals surface area contributed by atoms with Crippen molar-refractivity contribution in [3.63, 3.8) is 0 Å². The van der Waals surface area contributed by atoms with E-state index in [0.717, 1.165) is 10.5 Å². The molecule has 9 heteroatoms. The van der Waals surface area contributed by atoms with E-state index in [9.17, 15) is 18.0 Å². The summed E-state index contributed by atoms with van der Waals surface area (Å²) in [4.78, 5) is 26.5. The van der Waals surface area contributed by atoms with Crippen molar-refractivity contribution in [2.45, 2.75) is 11.8 Å². The van der Waals surface area contributed by atoms with Crippen LogP contribution >= 0.6 is 23.2 Å². The molecule has 30 heavy (non-hydrogen) atoms. The molecule has 3 aromatic carbocycles. The summed E-state index contributed by atoms with van der Waals surface area (Å²) in [6.07, 6.45) is 0. The first kappa shape index (κ1) is 20.4. The summed E-state index contributed by atoms with van der Waals surface area (Å²) in [6.45, 7) is 1.84. The first-order valence-electron chi connectivity index (χ1n) is 8.75. The average molecular weight is 461 g/mol. The Balaban J connectivity index is 1.75. The van der Waals surface area contributed by atoms with Crippen molar-refractivity contribution in [1.82, 2.24) is 0 Å². The number of nitrogens with one attached hydrogen (secondary N) is 1. The Labute approximate surface area is 183 Å². The minimum Gasteiger partial charge on any atom is -0.278 e. The number of carbonyl (C=O) groups is 2. The lowest BCUT2D eigenvalue weighted by molar-refractivity contribution is 0.0926. The summed E-state index contributed by atoms with van der Waals surface area (Å²) in [5.74, 6) is -1.10. The van der Waals surface area contributed by atoms with Gasteiger partial charge in [0.25, 0.3) is 21.8 Å². The largest absolute Gasteiger partial charge is 0.278 e. The van der Waals surface area contributed by atoms with Crippen LogP contribution in [0.2, 0.25) is 10.0 Å². The fraction of sp³-hybridized carbons (Fsp3) is 0.0476. The third kappa shape index (κ3) is 3.45. The summed E-state index contributed by atoms with van der Waals surface area (Å²) >= 11 is 12.4. The zero-order valence-corrected chi connectivity index (χ0v) is 17.8. The molecule has 0 aromatic heterocycles. The molecule has 0 spiro atoms. The molecule has 4 rings (SSSR count). The summed E-state index contributed by atoms with van der Waals surface area (Å²) in [7, 11) is -3.95. The summed E-state index contributed by atoms with van der Waals surface area (Å²) in [5, 5.41) is 0.0591. The lowest BCUT2D eigenvalue weighted by Crippen LogP contribution is -2.29. The van der Waals surface area contributed by atoms with E-state index < -0.39 is 21.8 Å². The number of aryl methyl sites for hydroxylation is 1. The highest BCUT2D eigenvalue weighted by atomic mass is 35.5. The maximum atomic E-state index is 12.8. The highest BCUT2D eigenvalue weighted by molar-refractivity contribution is 7.92. The smallest absolute Gasteiger partial charge is 0.266 e. The number of amides is 2. The SMILES string of the molecule is Cc1ccc(S(=O)(=O)Nc2cc(N3C(=O)c4ccccc4C3=O)c(Cl)cc2Cl)cc1. The van der Waals surface area contributed by atoms with Gasteiger partial charge in [0.2, 0.25) is 0 Å². The van der Waals surface area contributed by atoms with Gasteiger partial charge in [0.05, 0.1) is 37.4 Å². The Bertz CT molecular complexity index is 1270. The van der Waals surface area contributed by atoms with Crippen LogP contribution in [0.25, 0.3) is 0 Å². The van der Waals surface area contributed by atoms with Gasteiger partial charge in [0.1, 0.15) is 0 Å². The molecular weight excluding hydrogens is 447 g/mol. The first-order chi connectivity index (χ1) is 14.2. The fourth-order valence-corrected chi connectivity index (χ4v) is 4.76. The standard InChI is InChI=1S/C21H14Cl2N2O4S/c1-12-6-8-13(9-7-12)30(28,29)24-18-11-19(17(23)10-16(18)22)25-20(26)14-4-2-3-5-15(14)21(25)27/h2-11,24H,1H3. The summed E-state index contributed by atoms with van der Waals surface area (Å²) < 4.78 is 27.9. The number of imide groups is 1. The van der Waals surface area contributed by atoms with Gasteiger partial charge in [0.15, 0.2) is 0 Å². The highest BCUT2D eigenvalue weighted by Gasteiger charge is 2.37. The van der Waals surface area contributed by atoms with Crippen LogP contribution in [0.15, 0.2) is 65.6 Å². The minimum absolute atomic E-state index is 0.00630. The Kier molecular flexibility index (Phi) is 5.05. The molecule has 0 radical (unpaired) electrons. The van der Waals surface area contributed by atoms with Crippen molar-refractivity contribution < 1.29 is 18.0 Å². The molecule has 1 N–H and O–H groups in total. The van der Waals surface area contributed by atoms with Gasteiger partial charge in [-0.05, 0) is 43.3 Å². The van der Waals surface area contributed by atoms with Crippen LogP contribution in [-0.2, 0) is 10.0 Å². The third-order valence-electron chi connectivity index (χ3n) is 4.65. The Morgan fingerprint density at radius 3 is 1.97 bits per heavy atom. The maximum absolute atomic E-state index is 12.8. The molecular formula is C21H14Cl2N2O4S. The van der Waals surface area contributed by atoms with Crippen molar-refractivity contribution in [2.75, 3.05) is 9.62 Å². The van der Waals surface area contributed by atoms with E-state index in [-0.39, 0.29) is 37.4 Å². The number of halogens is 2. The van der Waals surface area contributed by atoms with E-state index >= 15 is 0 Å². The van der Waals surface area contributed by atoms with Crippen LogP contribution in [0, 0.1) is 6.92 Å². The van der Waals surface area contributed by atoms with Gasteiger partial charge in [-0.1, -0.05) is 53.0 Å². The lowest BCUT2D eigenvalue weighted by Gasteiger charge is -2.18. The minimum atomic E-state index is -3.95. The molecule has 0 saturated carbocycles. The molecule has 0 saturated heterocycles. The van der Waals surface area contributed by atoms with E-state index in [1.807, 2.05) is 6.92 Å².